The van der Waals surface area contributed by atoms with Gasteiger partial charge in [-0.1, -0.05) is 11.6 Å². The zero-order chi connectivity index (χ0) is 9.84. The van der Waals surface area contributed by atoms with Crippen LogP contribution in [0.5, 0.6) is 5.75 Å². The lowest BCUT2D eigenvalue weighted by atomic mass is 9.80. The van der Waals surface area contributed by atoms with Crippen LogP contribution in [0, 0.1) is 0 Å². The molecule has 0 bridgehead atoms. The Morgan fingerprint density at radius 1 is 1.38 bits per heavy atom. The molecular weight excluding hydrogens is 190 g/mol. The molecule has 0 amide bonds. The lowest BCUT2D eigenvalue weighted by Gasteiger charge is -2.06. The van der Waals surface area contributed by atoms with Gasteiger partial charge in [0.2, 0.25) is 0 Å². The van der Waals surface area contributed by atoms with Crippen molar-refractivity contribution in [2.45, 2.75) is 6.92 Å². The fraction of sp³-hybridized carbons (Fsp3) is 0.250. The maximum Gasteiger partial charge on any atom is 0.488 e. The van der Waals surface area contributed by atoms with Crippen molar-refractivity contribution in [1.29, 1.82) is 0 Å². The van der Waals surface area contributed by atoms with E-state index in [-0.39, 0.29) is 0 Å². The Kier molecular flexibility index (Phi) is 3.60. The molecule has 1 rings (SSSR count). The Morgan fingerprint density at radius 3 is 2.62 bits per heavy atom. The average Bonchev–Trinajstić information content (AvgIpc) is 2.03. The van der Waals surface area contributed by atoms with Gasteiger partial charge in [-0.2, -0.15) is 0 Å². The lowest BCUT2D eigenvalue weighted by Crippen LogP contribution is -2.29. The third-order valence-electron chi connectivity index (χ3n) is 1.50. The van der Waals surface area contributed by atoms with Crippen LogP contribution in [-0.2, 0) is 0 Å². The molecule has 70 valence electrons. The Labute approximate surface area is 82.1 Å². The maximum absolute atomic E-state index is 8.88. The minimum absolute atomic E-state index is 0.330. The van der Waals surface area contributed by atoms with Gasteiger partial charge in [-0.3, -0.25) is 0 Å². The van der Waals surface area contributed by atoms with Gasteiger partial charge >= 0.3 is 7.12 Å². The minimum atomic E-state index is -1.52. The Morgan fingerprint density at radius 2 is 2.08 bits per heavy atom. The average molecular weight is 200 g/mol. The van der Waals surface area contributed by atoms with Gasteiger partial charge in [0, 0.05) is 5.02 Å². The monoisotopic (exact) mass is 200 g/mol. The molecule has 0 radical (unpaired) electrons. The molecular formula is C8H10BClO3. The van der Waals surface area contributed by atoms with E-state index in [0.717, 1.165) is 0 Å². The van der Waals surface area contributed by atoms with Crippen molar-refractivity contribution >= 4 is 24.2 Å². The van der Waals surface area contributed by atoms with Crippen LogP contribution >= 0.6 is 11.6 Å². The highest BCUT2D eigenvalue weighted by Gasteiger charge is 2.12. The largest absolute Gasteiger partial charge is 0.494 e. The molecule has 0 aliphatic heterocycles. The molecule has 13 heavy (non-hydrogen) atoms. The molecule has 0 heterocycles. The number of benzene rings is 1. The fourth-order valence-corrected chi connectivity index (χ4v) is 1.22. The van der Waals surface area contributed by atoms with Crippen molar-refractivity contribution in [2.75, 3.05) is 6.61 Å². The first-order chi connectivity index (χ1) is 6.13. The van der Waals surface area contributed by atoms with Crippen LogP contribution in [0.15, 0.2) is 18.2 Å². The number of ether oxygens (including phenoxy) is 1. The van der Waals surface area contributed by atoms with E-state index >= 15 is 0 Å². The van der Waals surface area contributed by atoms with E-state index in [4.69, 9.17) is 26.4 Å². The summed E-state index contributed by atoms with van der Waals surface area (Å²) in [4.78, 5) is 0. The van der Waals surface area contributed by atoms with E-state index in [1.165, 1.54) is 6.07 Å². The highest BCUT2D eigenvalue weighted by molar-refractivity contribution is 6.59. The molecule has 0 saturated carbocycles. The molecule has 0 aliphatic carbocycles. The highest BCUT2D eigenvalue weighted by Crippen LogP contribution is 2.15. The summed E-state index contributed by atoms with van der Waals surface area (Å²) < 4.78 is 5.17. The minimum Gasteiger partial charge on any atom is -0.494 e. The predicted molar refractivity (Wildman–Crippen MR) is 52.4 cm³/mol. The number of rotatable bonds is 3. The van der Waals surface area contributed by atoms with Crippen molar-refractivity contribution in [2.24, 2.45) is 0 Å². The standard InChI is InChI=1S/C8H10BClO3/c1-2-13-8-4-6(9(11)12)3-7(10)5-8/h3-5,11-12H,2H2,1H3. The van der Waals surface area contributed by atoms with Gasteiger partial charge in [-0.25, -0.2) is 0 Å². The SMILES string of the molecule is CCOc1cc(Cl)cc(B(O)O)c1. The van der Waals surface area contributed by atoms with E-state index < -0.39 is 7.12 Å². The van der Waals surface area contributed by atoms with Gasteiger partial charge in [-0.05, 0) is 30.6 Å². The molecule has 0 aliphatic rings. The highest BCUT2D eigenvalue weighted by atomic mass is 35.5. The van der Waals surface area contributed by atoms with Crippen LogP contribution in [-0.4, -0.2) is 23.8 Å². The van der Waals surface area contributed by atoms with Crippen LogP contribution in [0.25, 0.3) is 0 Å². The molecule has 0 fully saturated rings. The van der Waals surface area contributed by atoms with Crippen molar-refractivity contribution < 1.29 is 14.8 Å². The predicted octanol–water partition coefficient (Wildman–Crippen LogP) is 0.418. The molecule has 1 aromatic rings. The molecule has 5 heteroatoms. The van der Waals surface area contributed by atoms with Crippen LogP contribution in [0.4, 0.5) is 0 Å². The molecule has 2 N–H and O–H groups in total. The van der Waals surface area contributed by atoms with Crippen LogP contribution < -0.4 is 10.2 Å². The zero-order valence-corrected chi connectivity index (χ0v) is 7.95. The van der Waals surface area contributed by atoms with E-state index in [1.807, 2.05) is 6.92 Å². The zero-order valence-electron chi connectivity index (χ0n) is 7.20. The smallest absolute Gasteiger partial charge is 0.488 e. The summed E-state index contributed by atoms with van der Waals surface area (Å²) >= 11 is 5.73. The molecule has 0 atom stereocenters. The summed E-state index contributed by atoms with van der Waals surface area (Å²) in [6.07, 6.45) is 0. The number of hydrogen-bond acceptors (Lipinski definition) is 3. The Hall–Kier alpha value is -0.705. The second-order valence-corrected chi connectivity index (χ2v) is 2.96. The fourth-order valence-electron chi connectivity index (χ4n) is 0.983. The first-order valence-electron chi connectivity index (χ1n) is 3.93. The number of halogens is 1. The first kappa shape index (κ1) is 10.4. The summed E-state index contributed by atoms with van der Waals surface area (Å²) in [5, 5.41) is 18.2. The molecule has 0 spiro atoms. The normalized spacial score (nSPS) is 9.85. The van der Waals surface area contributed by atoms with E-state index in [1.54, 1.807) is 12.1 Å². The molecule has 0 unspecified atom stereocenters. The van der Waals surface area contributed by atoms with Gasteiger partial charge in [0.1, 0.15) is 5.75 Å². The Balaban J connectivity index is 2.96. The van der Waals surface area contributed by atoms with E-state index in [2.05, 4.69) is 0 Å². The van der Waals surface area contributed by atoms with Crippen molar-refractivity contribution in [3.05, 3.63) is 23.2 Å². The summed E-state index contributed by atoms with van der Waals surface area (Å²) in [5.41, 5.74) is 0.330. The molecule has 0 aromatic heterocycles. The van der Waals surface area contributed by atoms with Crippen molar-refractivity contribution in [3.63, 3.8) is 0 Å². The lowest BCUT2D eigenvalue weighted by molar-refractivity contribution is 0.340. The maximum atomic E-state index is 8.88. The quantitative estimate of drug-likeness (QED) is 0.695. The van der Waals surface area contributed by atoms with Gasteiger partial charge in [-0.15, -0.1) is 0 Å². The molecule has 0 saturated heterocycles. The van der Waals surface area contributed by atoms with E-state index in [9.17, 15) is 0 Å². The topological polar surface area (TPSA) is 49.7 Å². The molecule has 3 nitrogen and oxygen atoms in total. The first-order valence-corrected chi connectivity index (χ1v) is 4.30. The number of hydrogen-bond donors (Lipinski definition) is 2. The van der Waals surface area contributed by atoms with Crippen molar-refractivity contribution in [1.82, 2.24) is 0 Å². The van der Waals surface area contributed by atoms with E-state index in [0.29, 0.717) is 22.8 Å². The van der Waals surface area contributed by atoms with Gasteiger partial charge in [0.05, 0.1) is 6.61 Å². The third-order valence-corrected chi connectivity index (χ3v) is 1.72. The van der Waals surface area contributed by atoms with Crippen LogP contribution in [0.1, 0.15) is 6.92 Å². The second-order valence-electron chi connectivity index (χ2n) is 2.53. The summed E-state index contributed by atoms with van der Waals surface area (Å²) in [6.45, 7) is 2.36. The Bertz CT molecular complexity index is 291. The van der Waals surface area contributed by atoms with Crippen molar-refractivity contribution in [3.8, 4) is 5.75 Å². The summed E-state index contributed by atoms with van der Waals surface area (Å²) in [7, 11) is -1.52. The van der Waals surface area contributed by atoms with Crippen LogP contribution in [0.3, 0.4) is 0 Å². The van der Waals surface area contributed by atoms with Crippen LogP contribution in [0.2, 0.25) is 5.02 Å². The third kappa shape index (κ3) is 2.92. The van der Waals surface area contributed by atoms with Gasteiger partial charge in [0.15, 0.2) is 0 Å². The second kappa shape index (κ2) is 4.51. The van der Waals surface area contributed by atoms with Gasteiger partial charge in [0.25, 0.3) is 0 Å². The van der Waals surface area contributed by atoms with Gasteiger partial charge < -0.3 is 14.8 Å². The molecule has 1 aromatic carbocycles. The summed E-state index contributed by atoms with van der Waals surface area (Å²) in [6, 6.07) is 4.64. The summed E-state index contributed by atoms with van der Waals surface area (Å²) in [5.74, 6) is 0.540.